The van der Waals surface area contributed by atoms with Crippen LogP contribution >= 0.6 is 0 Å². The van der Waals surface area contributed by atoms with Gasteiger partial charge < -0.3 is 13.9 Å². The summed E-state index contributed by atoms with van der Waals surface area (Å²) in [5, 5.41) is 8.40. The Morgan fingerprint density at radius 1 is 1.52 bits per heavy atom. The Hall–Kier alpha value is -1.89. The van der Waals surface area contributed by atoms with Crippen LogP contribution in [0, 0.1) is 17.2 Å². The second-order valence-electron chi connectivity index (χ2n) is 5.11. The van der Waals surface area contributed by atoms with E-state index in [-0.39, 0.29) is 36.3 Å². The summed E-state index contributed by atoms with van der Waals surface area (Å²) < 4.78 is 41.4. The molecule has 0 aromatic carbocycles. The number of nitriles is 1. The number of rotatable bonds is 7. The molecule has 1 aromatic rings. The van der Waals surface area contributed by atoms with Gasteiger partial charge in [0.05, 0.1) is 19.8 Å². The van der Waals surface area contributed by atoms with Crippen LogP contribution in [0.25, 0.3) is 0 Å². The molecule has 0 bridgehead atoms. The Labute approximate surface area is 134 Å². The molecular formula is C14H18N2O6S. The van der Waals surface area contributed by atoms with Gasteiger partial charge >= 0.3 is 5.97 Å². The van der Waals surface area contributed by atoms with E-state index in [0.29, 0.717) is 13.2 Å². The Bertz CT molecular complexity index is 684. The van der Waals surface area contributed by atoms with Crippen molar-refractivity contribution in [1.82, 2.24) is 4.31 Å². The van der Waals surface area contributed by atoms with E-state index >= 15 is 0 Å². The number of ether oxygens (including phenoxy) is 2. The van der Waals surface area contributed by atoms with Gasteiger partial charge in [0.1, 0.15) is 0 Å². The highest BCUT2D eigenvalue weighted by Gasteiger charge is 2.31. The quantitative estimate of drug-likeness (QED) is 0.680. The smallest absolute Gasteiger partial charge is 0.374 e. The maximum atomic E-state index is 12.7. The lowest BCUT2D eigenvalue weighted by atomic mass is 10.1. The van der Waals surface area contributed by atoms with Crippen LogP contribution in [0.4, 0.5) is 0 Å². The summed E-state index contributed by atoms with van der Waals surface area (Å²) in [6.45, 7) is 1.40. The van der Waals surface area contributed by atoms with Crippen LogP contribution in [0.5, 0.6) is 0 Å². The maximum Gasteiger partial charge on any atom is 0.374 e. The molecule has 1 saturated heterocycles. The molecule has 0 spiro atoms. The number of esters is 1. The van der Waals surface area contributed by atoms with Crippen molar-refractivity contribution in [1.29, 1.82) is 5.26 Å². The zero-order valence-corrected chi connectivity index (χ0v) is 13.5. The predicted molar refractivity (Wildman–Crippen MR) is 78.0 cm³/mol. The summed E-state index contributed by atoms with van der Waals surface area (Å²) in [5.74, 6) is -0.853. The fourth-order valence-electron chi connectivity index (χ4n) is 2.30. The monoisotopic (exact) mass is 342 g/mol. The minimum atomic E-state index is -3.93. The first-order chi connectivity index (χ1) is 11.0. The summed E-state index contributed by atoms with van der Waals surface area (Å²) in [7, 11) is -2.75. The molecule has 0 amide bonds. The molecule has 0 aliphatic carbocycles. The van der Waals surface area contributed by atoms with Crippen LogP contribution in [0.2, 0.25) is 0 Å². The molecule has 0 radical (unpaired) electrons. The van der Waals surface area contributed by atoms with E-state index in [9.17, 15) is 13.2 Å². The van der Waals surface area contributed by atoms with E-state index in [4.69, 9.17) is 14.4 Å². The van der Waals surface area contributed by atoms with Crippen LogP contribution in [0.1, 0.15) is 23.4 Å². The minimum Gasteiger partial charge on any atom is -0.463 e. The number of carbonyl (C=O) groups is 1. The van der Waals surface area contributed by atoms with Gasteiger partial charge in [-0.2, -0.15) is 9.57 Å². The lowest BCUT2D eigenvalue weighted by Gasteiger charge is -2.22. The molecule has 1 fully saturated rings. The number of methoxy groups -OCH3 is 1. The molecule has 126 valence electrons. The van der Waals surface area contributed by atoms with Gasteiger partial charge in [-0.1, -0.05) is 0 Å². The maximum absolute atomic E-state index is 12.7. The van der Waals surface area contributed by atoms with Gasteiger partial charge in [0.2, 0.25) is 10.9 Å². The predicted octanol–water partition coefficient (Wildman–Crippen LogP) is 1.01. The van der Waals surface area contributed by atoms with Crippen LogP contribution in [-0.2, 0) is 19.5 Å². The van der Waals surface area contributed by atoms with Gasteiger partial charge in [0, 0.05) is 26.1 Å². The molecule has 8 nitrogen and oxygen atoms in total. The first-order valence-electron chi connectivity index (χ1n) is 7.12. The lowest BCUT2D eigenvalue weighted by Crippen LogP contribution is -2.36. The largest absolute Gasteiger partial charge is 0.463 e. The fourth-order valence-corrected chi connectivity index (χ4v) is 3.72. The van der Waals surface area contributed by atoms with Gasteiger partial charge in [-0.05, 0) is 24.5 Å². The van der Waals surface area contributed by atoms with Crippen molar-refractivity contribution in [3.63, 3.8) is 0 Å². The first-order valence-corrected chi connectivity index (χ1v) is 8.56. The molecule has 1 aliphatic rings. The van der Waals surface area contributed by atoms with Crippen molar-refractivity contribution in [2.45, 2.75) is 17.9 Å². The van der Waals surface area contributed by atoms with Crippen LogP contribution < -0.4 is 0 Å². The highest BCUT2D eigenvalue weighted by atomic mass is 32.2. The number of hydrogen-bond acceptors (Lipinski definition) is 7. The highest BCUT2D eigenvalue weighted by molar-refractivity contribution is 7.89. The molecule has 23 heavy (non-hydrogen) atoms. The average molecular weight is 342 g/mol. The molecule has 9 heteroatoms. The number of hydrogen-bond donors (Lipinski definition) is 0. The third kappa shape index (κ3) is 4.10. The molecule has 0 unspecified atom stereocenters. The van der Waals surface area contributed by atoms with Crippen molar-refractivity contribution < 1.29 is 27.1 Å². The fraction of sp³-hybridized carbons (Fsp3) is 0.571. The number of sulfonamides is 1. The summed E-state index contributed by atoms with van der Waals surface area (Å²) in [6, 6.07) is 4.40. The van der Waals surface area contributed by atoms with Crippen molar-refractivity contribution >= 4 is 16.0 Å². The van der Waals surface area contributed by atoms with Crippen molar-refractivity contribution in [3.05, 3.63) is 17.9 Å². The summed E-state index contributed by atoms with van der Waals surface area (Å²) in [5.41, 5.74) is 0. The second kappa shape index (κ2) is 7.59. The number of carbonyl (C=O) groups excluding carboxylic acids is 1. The zero-order valence-electron chi connectivity index (χ0n) is 12.7. The molecule has 2 rings (SSSR count). The lowest BCUT2D eigenvalue weighted by molar-refractivity contribution is 0.0558. The molecule has 1 atom stereocenters. The molecule has 0 saturated carbocycles. The van der Waals surface area contributed by atoms with E-state index in [0.717, 1.165) is 6.42 Å². The SMILES string of the molecule is COC(=O)c1ccc(S(=O)(=O)N(CCC#N)C[C@@H]2CCOC2)o1. The van der Waals surface area contributed by atoms with E-state index in [1.165, 1.54) is 23.5 Å². The van der Waals surface area contributed by atoms with Crippen molar-refractivity contribution in [2.75, 3.05) is 33.4 Å². The molecule has 2 heterocycles. The van der Waals surface area contributed by atoms with Crippen molar-refractivity contribution in [2.24, 2.45) is 5.92 Å². The van der Waals surface area contributed by atoms with Crippen LogP contribution in [0.3, 0.4) is 0 Å². The van der Waals surface area contributed by atoms with Gasteiger partial charge in [-0.15, -0.1) is 0 Å². The van der Waals surface area contributed by atoms with E-state index in [1.807, 2.05) is 6.07 Å². The second-order valence-corrected chi connectivity index (χ2v) is 6.98. The Morgan fingerprint density at radius 3 is 2.91 bits per heavy atom. The highest BCUT2D eigenvalue weighted by Crippen LogP contribution is 2.23. The van der Waals surface area contributed by atoms with Gasteiger partial charge in [-0.3, -0.25) is 0 Å². The van der Waals surface area contributed by atoms with Gasteiger partial charge in [0.25, 0.3) is 10.0 Å². The first kappa shape index (κ1) is 17.5. The zero-order chi connectivity index (χ0) is 16.9. The van der Waals surface area contributed by atoms with E-state index in [2.05, 4.69) is 4.74 Å². The third-order valence-corrected chi connectivity index (χ3v) is 5.26. The Kier molecular flexibility index (Phi) is 5.76. The normalized spacial score (nSPS) is 18.0. The average Bonchev–Trinajstić information content (AvgIpc) is 3.21. The topological polar surface area (TPSA) is 110 Å². The molecular weight excluding hydrogens is 324 g/mol. The summed E-state index contributed by atoms with van der Waals surface area (Å²) >= 11 is 0. The van der Waals surface area contributed by atoms with E-state index in [1.54, 1.807) is 0 Å². The van der Waals surface area contributed by atoms with Crippen LogP contribution in [-0.4, -0.2) is 52.1 Å². The Morgan fingerprint density at radius 2 is 2.30 bits per heavy atom. The van der Waals surface area contributed by atoms with Crippen molar-refractivity contribution in [3.8, 4) is 6.07 Å². The Balaban J connectivity index is 2.21. The van der Waals surface area contributed by atoms with Gasteiger partial charge in [-0.25, -0.2) is 13.2 Å². The molecule has 1 aliphatic heterocycles. The van der Waals surface area contributed by atoms with E-state index < -0.39 is 16.0 Å². The summed E-state index contributed by atoms with van der Waals surface area (Å²) in [6.07, 6.45) is 0.835. The third-order valence-electron chi connectivity index (χ3n) is 3.52. The molecule has 0 N–H and O–H groups in total. The standard InChI is InChI=1S/C14H18N2O6S/c1-20-14(17)12-3-4-13(22-12)23(18,19)16(7-2-6-15)9-11-5-8-21-10-11/h3-4,11H,2,5,7-10H2,1H3/t11-/m0/s1. The number of furan rings is 1. The summed E-state index contributed by atoms with van der Waals surface area (Å²) in [4.78, 5) is 11.4. The minimum absolute atomic E-state index is 0.0591. The van der Waals surface area contributed by atoms with Crippen LogP contribution in [0.15, 0.2) is 21.6 Å². The van der Waals surface area contributed by atoms with Gasteiger partial charge in [0.15, 0.2) is 0 Å². The molecule has 1 aromatic heterocycles. The number of nitrogens with zero attached hydrogens (tertiary/aromatic N) is 2.